The van der Waals surface area contributed by atoms with E-state index in [2.05, 4.69) is 13.8 Å². The number of nitrogens with zero attached hydrogens (tertiary/aromatic N) is 1. The normalized spacial score (nSPS) is 11.4. The first kappa shape index (κ1) is 16.3. The fraction of sp³-hybridized carbons (Fsp3) is 0.500. The van der Waals surface area contributed by atoms with Gasteiger partial charge in [0.25, 0.3) is 0 Å². The van der Waals surface area contributed by atoms with E-state index in [1.165, 1.54) is 11.8 Å². The lowest BCUT2D eigenvalue weighted by Gasteiger charge is -2.29. The van der Waals surface area contributed by atoms with E-state index in [9.17, 15) is 4.79 Å². The van der Waals surface area contributed by atoms with E-state index in [0.717, 1.165) is 4.90 Å². The largest absolute Gasteiger partial charge is 0.344 e. The summed E-state index contributed by atoms with van der Waals surface area (Å²) in [7, 11) is 1.81. The second-order valence-corrected chi connectivity index (χ2v) is 6.76. The second-order valence-electron chi connectivity index (χ2n) is 5.34. The molecule has 5 heteroatoms. The summed E-state index contributed by atoms with van der Waals surface area (Å²) in [5.41, 5.74) is 5.62. The van der Waals surface area contributed by atoms with Gasteiger partial charge in [0, 0.05) is 18.5 Å². The summed E-state index contributed by atoms with van der Waals surface area (Å²) < 4.78 is 0. The molecule has 1 aromatic rings. The molecule has 2 N–H and O–H groups in total. The molecule has 0 radical (unpaired) electrons. The molecule has 106 valence electrons. The zero-order chi connectivity index (χ0) is 14.5. The molecular formula is C14H21ClN2OS. The summed E-state index contributed by atoms with van der Waals surface area (Å²) in [6.07, 6.45) is 0. The predicted molar refractivity (Wildman–Crippen MR) is 82.6 cm³/mol. The third kappa shape index (κ3) is 5.43. The van der Waals surface area contributed by atoms with Crippen LogP contribution in [0.5, 0.6) is 0 Å². The van der Waals surface area contributed by atoms with E-state index in [0.29, 0.717) is 23.9 Å². The summed E-state index contributed by atoms with van der Waals surface area (Å²) in [6.45, 7) is 5.32. The van der Waals surface area contributed by atoms with Crippen LogP contribution in [0.3, 0.4) is 0 Å². The van der Waals surface area contributed by atoms with Crippen LogP contribution in [-0.4, -0.2) is 36.7 Å². The molecular weight excluding hydrogens is 280 g/mol. The Balaban J connectivity index is 2.50. The molecule has 0 saturated carbocycles. The zero-order valence-electron chi connectivity index (χ0n) is 11.6. The maximum atomic E-state index is 12.0. The van der Waals surface area contributed by atoms with Crippen LogP contribution in [0, 0.1) is 5.41 Å². The van der Waals surface area contributed by atoms with Gasteiger partial charge in [-0.05, 0) is 24.1 Å². The van der Waals surface area contributed by atoms with Gasteiger partial charge in [-0.3, -0.25) is 4.79 Å². The van der Waals surface area contributed by atoms with Gasteiger partial charge >= 0.3 is 0 Å². The third-order valence-corrected chi connectivity index (χ3v) is 4.33. The molecule has 0 fully saturated rings. The predicted octanol–water partition coefficient (Wildman–Crippen LogP) is 2.88. The van der Waals surface area contributed by atoms with E-state index < -0.39 is 0 Å². The fourth-order valence-corrected chi connectivity index (χ4v) is 2.79. The maximum absolute atomic E-state index is 12.0. The number of carbonyl (C=O) groups excluding carboxylic acids is 1. The molecule has 0 atom stereocenters. The molecule has 0 aliphatic carbocycles. The maximum Gasteiger partial charge on any atom is 0.232 e. The van der Waals surface area contributed by atoms with Gasteiger partial charge in [0.05, 0.1) is 10.8 Å². The Hall–Kier alpha value is -0.710. The molecule has 0 saturated heterocycles. The molecule has 1 amide bonds. The van der Waals surface area contributed by atoms with Crippen LogP contribution in [0.25, 0.3) is 0 Å². The van der Waals surface area contributed by atoms with Gasteiger partial charge in [0.2, 0.25) is 5.91 Å². The first-order valence-corrected chi connectivity index (χ1v) is 7.53. The van der Waals surface area contributed by atoms with E-state index in [4.69, 9.17) is 17.3 Å². The molecule has 3 nitrogen and oxygen atoms in total. The van der Waals surface area contributed by atoms with Crippen molar-refractivity contribution in [2.75, 3.05) is 25.9 Å². The van der Waals surface area contributed by atoms with Gasteiger partial charge in [-0.1, -0.05) is 37.6 Å². The number of benzene rings is 1. The minimum absolute atomic E-state index is 0.0561. The molecule has 0 unspecified atom stereocenters. The van der Waals surface area contributed by atoms with Gasteiger partial charge in [-0.15, -0.1) is 11.8 Å². The van der Waals surface area contributed by atoms with Gasteiger partial charge < -0.3 is 10.6 Å². The number of halogens is 1. The lowest BCUT2D eigenvalue weighted by Crippen LogP contribution is -2.40. The van der Waals surface area contributed by atoms with E-state index in [-0.39, 0.29) is 11.3 Å². The Kier molecular flexibility index (Phi) is 6.17. The van der Waals surface area contributed by atoms with Crippen LogP contribution in [0.1, 0.15) is 13.8 Å². The minimum atomic E-state index is -0.0561. The topological polar surface area (TPSA) is 46.3 Å². The Morgan fingerprint density at radius 2 is 2.05 bits per heavy atom. The standard InChI is InChI=1S/C14H21ClN2OS/c1-14(2,9-16)10-17(3)13(18)8-19-12-7-5-4-6-11(12)15/h4-7H,8-10,16H2,1-3H3. The summed E-state index contributed by atoms with van der Waals surface area (Å²) in [4.78, 5) is 14.7. The summed E-state index contributed by atoms with van der Waals surface area (Å²) in [5.74, 6) is 0.479. The van der Waals surface area contributed by atoms with Crippen LogP contribution in [0.2, 0.25) is 5.02 Å². The minimum Gasteiger partial charge on any atom is -0.344 e. The fourth-order valence-electron chi connectivity index (χ4n) is 1.61. The van der Waals surface area contributed by atoms with Crippen molar-refractivity contribution in [3.63, 3.8) is 0 Å². The van der Waals surface area contributed by atoms with Gasteiger partial charge in [0.1, 0.15) is 0 Å². The van der Waals surface area contributed by atoms with Crippen molar-refractivity contribution in [3.8, 4) is 0 Å². The summed E-state index contributed by atoms with van der Waals surface area (Å²) in [6, 6.07) is 7.55. The van der Waals surface area contributed by atoms with E-state index >= 15 is 0 Å². The third-order valence-electron chi connectivity index (χ3n) is 2.83. The number of hydrogen-bond donors (Lipinski definition) is 1. The molecule has 19 heavy (non-hydrogen) atoms. The second kappa shape index (κ2) is 7.17. The number of carbonyl (C=O) groups is 1. The van der Waals surface area contributed by atoms with Crippen molar-refractivity contribution in [1.82, 2.24) is 4.90 Å². The molecule has 0 spiro atoms. The highest BCUT2D eigenvalue weighted by Crippen LogP contribution is 2.26. The molecule has 1 aromatic carbocycles. The molecule has 0 aliphatic rings. The van der Waals surface area contributed by atoms with Crippen molar-refractivity contribution in [1.29, 1.82) is 0 Å². The monoisotopic (exact) mass is 300 g/mol. The summed E-state index contributed by atoms with van der Waals surface area (Å²) >= 11 is 7.52. The lowest BCUT2D eigenvalue weighted by atomic mass is 9.93. The first-order valence-electron chi connectivity index (χ1n) is 6.17. The molecule has 1 rings (SSSR count). The van der Waals surface area contributed by atoms with Crippen molar-refractivity contribution < 1.29 is 4.79 Å². The lowest BCUT2D eigenvalue weighted by molar-refractivity contribution is -0.128. The number of nitrogens with two attached hydrogens (primary N) is 1. The number of hydrogen-bond acceptors (Lipinski definition) is 3. The highest BCUT2D eigenvalue weighted by atomic mass is 35.5. The molecule has 0 aromatic heterocycles. The SMILES string of the molecule is CN(CC(C)(C)CN)C(=O)CSc1ccccc1Cl. The van der Waals surface area contributed by atoms with E-state index in [1.54, 1.807) is 4.90 Å². The average Bonchev–Trinajstić information content (AvgIpc) is 2.37. The highest BCUT2D eigenvalue weighted by Gasteiger charge is 2.21. The summed E-state index contributed by atoms with van der Waals surface area (Å²) in [5, 5.41) is 0.685. The quantitative estimate of drug-likeness (QED) is 0.822. The first-order chi connectivity index (χ1) is 8.85. The van der Waals surface area contributed by atoms with Crippen molar-refractivity contribution >= 4 is 29.3 Å². The molecule has 0 bridgehead atoms. The van der Waals surface area contributed by atoms with Crippen LogP contribution in [0.4, 0.5) is 0 Å². The van der Waals surface area contributed by atoms with Crippen molar-refractivity contribution in [3.05, 3.63) is 29.3 Å². The Morgan fingerprint density at radius 1 is 1.42 bits per heavy atom. The van der Waals surface area contributed by atoms with Crippen LogP contribution in [-0.2, 0) is 4.79 Å². The smallest absolute Gasteiger partial charge is 0.232 e. The molecule has 0 heterocycles. The Morgan fingerprint density at radius 3 is 2.63 bits per heavy atom. The zero-order valence-corrected chi connectivity index (χ0v) is 13.2. The van der Waals surface area contributed by atoms with E-state index in [1.807, 2.05) is 31.3 Å². The van der Waals surface area contributed by atoms with Crippen molar-refractivity contribution in [2.24, 2.45) is 11.1 Å². The number of amides is 1. The van der Waals surface area contributed by atoms with Crippen LogP contribution < -0.4 is 5.73 Å². The van der Waals surface area contributed by atoms with Crippen LogP contribution in [0.15, 0.2) is 29.2 Å². The van der Waals surface area contributed by atoms with Crippen LogP contribution >= 0.6 is 23.4 Å². The van der Waals surface area contributed by atoms with Gasteiger partial charge in [-0.25, -0.2) is 0 Å². The number of thioether (sulfide) groups is 1. The number of rotatable bonds is 6. The highest BCUT2D eigenvalue weighted by molar-refractivity contribution is 8.00. The molecule has 0 aliphatic heterocycles. The van der Waals surface area contributed by atoms with Gasteiger partial charge in [-0.2, -0.15) is 0 Å². The Bertz CT molecular complexity index is 437. The Labute approximate surface area is 124 Å². The van der Waals surface area contributed by atoms with Crippen molar-refractivity contribution in [2.45, 2.75) is 18.7 Å². The van der Waals surface area contributed by atoms with Gasteiger partial charge in [0.15, 0.2) is 0 Å². The average molecular weight is 301 g/mol.